The van der Waals surface area contributed by atoms with Crippen molar-refractivity contribution < 1.29 is 4.39 Å². The number of hydrogen-bond acceptors (Lipinski definition) is 0. The minimum atomic E-state index is -0.350. The molecule has 0 saturated heterocycles. The fourth-order valence-corrected chi connectivity index (χ4v) is 2.09. The zero-order chi connectivity index (χ0) is 12.6. The van der Waals surface area contributed by atoms with Gasteiger partial charge in [0.05, 0.1) is 5.02 Å². The molecule has 0 aliphatic carbocycles. The van der Waals surface area contributed by atoms with Crippen molar-refractivity contribution in [2.24, 2.45) is 11.8 Å². The molecular formula is C14H17ClFN. The first-order valence-electron chi connectivity index (χ1n) is 5.94. The molecular weight excluding hydrogens is 237 g/mol. The maximum absolute atomic E-state index is 13.5. The number of nitrogens with one attached hydrogen (secondary N) is 1. The van der Waals surface area contributed by atoms with Crippen molar-refractivity contribution in [1.82, 2.24) is 4.98 Å². The summed E-state index contributed by atoms with van der Waals surface area (Å²) in [5.41, 5.74) is 2.07. The van der Waals surface area contributed by atoms with Gasteiger partial charge >= 0.3 is 0 Å². The van der Waals surface area contributed by atoms with Gasteiger partial charge in [0.2, 0.25) is 0 Å². The maximum atomic E-state index is 13.5. The van der Waals surface area contributed by atoms with Gasteiger partial charge in [-0.2, -0.15) is 0 Å². The highest BCUT2D eigenvalue weighted by molar-refractivity contribution is 6.31. The van der Waals surface area contributed by atoms with Crippen LogP contribution in [0.4, 0.5) is 4.39 Å². The highest BCUT2D eigenvalue weighted by Gasteiger charge is 2.13. The molecule has 0 fully saturated rings. The van der Waals surface area contributed by atoms with Crippen molar-refractivity contribution in [2.45, 2.75) is 27.2 Å². The molecule has 2 rings (SSSR count). The van der Waals surface area contributed by atoms with Crippen molar-refractivity contribution in [1.29, 1.82) is 0 Å². The quantitative estimate of drug-likeness (QED) is 0.809. The Labute approximate surface area is 106 Å². The number of fused-ring (bicyclic) bond motifs is 1. The van der Waals surface area contributed by atoms with Crippen LogP contribution in [0.25, 0.3) is 10.9 Å². The summed E-state index contributed by atoms with van der Waals surface area (Å²) in [4.78, 5) is 3.15. The molecule has 0 radical (unpaired) electrons. The van der Waals surface area contributed by atoms with Crippen LogP contribution in [0.2, 0.25) is 5.02 Å². The maximum Gasteiger partial charge on any atom is 0.142 e. The molecule has 1 heterocycles. The second kappa shape index (κ2) is 4.69. The first-order chi connectivity index (χ1) is 7.99. The summed E-state index contributed by atoms with van der Waals surface area (Å²) >= 11 is 5.76. The SMILES string of the molecule is CC(C)C(C)Cc1c[nH]c2cc(Cl)c(F)cc12. The van der Waals surface area contributed by atoms with E-state index in [4.69, 9.17) is 11.6 Å². The fourth-order valence-electron chi connectivity index (χ4n) is 1.93. The normalized spacial score (nSPS) is 13.5. The van der Waals surface area contributed by atoms with Crippen LogP contribution in [0.3, 0.4) is 0 Å². The Balaban J connectivity index is 2.39. The molecule has 0 aliphatic rings. The van der Waals surface area contributed by atoms with Gasteiger partial charge in [0, 0.05) is 17.1 Å². The number of rotatable bonds is 3. The smallest absolute Gasteiger partial charge is 0.142 e. The van der Waals surface area contributed by atoms with E-state index in [-0.39, 0.29) is 10.8 Å². The molecule has 92 valence electrons. The molecule has 3 heteroatoms. The van der Waals surface area contributed by atoms with Crippen LogP contribution in [0.1, 0.15) is 26.3 Å². The van der Waals surface area contributed by atoms with Crippen molar-refractivity contribution in [3.8, 4) is 0 Å². The van der Waals surface area contributed by atoms with E-state index in [1.165, 1.54) is 6.07 Å². The van der Waals surface area contributed by atoms with Gasteiger partial charge < -0.3 is 4.98 Å². The van der Waals surface area contributed by atoms with Crippen LogP contribution in [0.5, 0.6) is 0 Å². The number of halogens is 2. The Kier molecular flexibility index (Phi) is 3.43. The van der Waals surface area contributed by atoms with E-state index < -0.39 is 0 Å². The van der Waals surface area contributed by atoms with Crippen LogP contribution in [0, 0.1) is 17.7 Å². The van der Waals surface area contributed by atoms with E-state index in [9.17, 15) is 4.39 Å². The van der Waals surface area contributed by atoms with E-state index >= 15 is 0 Å². The number of aromatic nitrogens is 1. The topological polar surface area (TPSA) is 15.8 Å². The largest absolute Gasteiger partial charge is 0.361 e. The Morgan fingerprint density at radius 1 is 1.29 bits per heavy atom. The monoisotopic (exact) mass is 253 g/mol. The van der Waals surface area contributed by atoms with E-state index in [1.807, 2.05) is 6.20 Å². The highest BCUT2D eigenvalue weighted by Crippen LogP contribution is 2.27. The molecule has 0 saturated carbocycles. The average Bonchev–Trinajstić information content (AvgIpc) is 2.62. The molecule has 0 spiro atoms. The zero-order valence-electron chi connectivity index (χ0n) is 10.3. The van der Waals surface area contributed by atoms with E-state index in [2.05, 4.69) is 25.8 Å². The van der Waals surface area contributed by atoms with Crippen molar-refractivity contribution in [2.75, 3.05) is 0 Å². The highest BCUT2D eigenvalue weighted by atomic mass is 35.5. The molecule has 1 unspecified atom stereocenters. The third-order valence-corrected chi connectivity index (χ3v) is 3.78. The summed E-state index contributed by atoms with van der Waals surface area (Å²) in [5, 5.41) is 1.11. The summed E-state index contributed by atoms with van der Waals surface area (Å²) in [6.07, 6.45) is 2.91. The lowest BCUT2D eigenvalue weighted by Crippen LogP contribution is -2.06. The lowest BCUT2D eigenvalue weighted by atomic mass is 9.91. The van der Waals surface area contributed by atoms with Crippen LogP contribution in [-0.4, -0.2) is 4.98 Å². The molecule has 1 aromatic heterocycles. The summed E-state index contributed by atoms with van der Waals surface area (Å²) in [5.74, 6) is 0.849. The van der Waals surface area contributed by atoms with Gasteiger partial charge in [0.15, 0.2) is 0 Å². The number of aromatic amines is 1. The van der Waals surface area contributed by atoms with Gasteiger partial charge in [-0.05, 0) is 36.0 Å². The summed E-state index contributed by atoms with van der Waals surface area (Å²) < 4.78 is 13.5. The van der Waals surface area contributed by atoms with Gasteiger partial charge in [0.25, 0.3) is 0 Å². The first kappa shape index (κ1) is 12.4. The molecule has 17 heavy (non-hydrogen) atoms. The number of benzene rings is 1. The lowest BCUT2D eigenvalue weighted by Gasteiger charge is -2.14. The molecule has 0 amide bonds. The molecule has 1 aromatic carbocycles. The minimum Gasteiger partial charge on any atom is -0.361 e. The third kappa shape index (κ3) is 2.47. The first-order valence-corrected chi connectivity index (χ1v) is 6.32. The second-order valence-corrected chi connectivity index (χ2v) is 5.46. The second-order valence-electron chi connectivity index (χ2n) is 5.05. The molecule has 0 aliphatic heterocycles. The van der Waals surface area contributed by atoms with Crippen molar-refractivity contribution in [3.05, 3.63) is 34.7 Å². The lowest BCUT2D eigenvalue weighted by molar-refractivity contribution is 0.418. The number of H-pyrrole nitrogens is 1. The van der Waals surface area contributed by atoms with Crippen LogP contribution in [-0.2, 0) is 6.42 Å². The van der Waals surface area contributed by atoms with Crippen molar-refractivity contribution in [3.63, 3.8) is 0 Å². The molecule has 1 nitrogen and oxygen atoms in total. The summed E-state index contributed by atoms with van der Waals surface area (Å²) in [6.45, 7) is 6.63. The molecule has 1 N–H and O–H groups in total. The average molecular weight is 254 g/mol. The van der Waals surface area contributed by atoms with Crippen LogP contribution >= 0.6 is 11.6 Å². The summed E-state index contributed by atoms with van der Waals surface area (Å²) in [6, 6.07) is 3.17. The van der Waals surface area contributed by atoms with Crippen LogP contribution in [0.15, 0.2) is 18.3 Å². The Morgan fingerprint density at radius 2 is 2.00 bits per heavy atom. The van der Waals surface area contributed by atoms with Crippen molar-refractivity contribution >= 4 is 22.5 Å². The predicted molar refractivity (Wildman–Crippen MR) is 71.0 cm³/mol. The standard InChI is InChI=1S/C14H17ClFN/c1-8(2)9(3)4-10-7-17-14-6-12(15)13(16)5-11(10)14/h5-9,17H,4H2,1-3H3. The Bertz CT molecular complexity index is 530. The molecule has 1 atom stereocenters. The fraction of sp³-hybridized carbons (Fsp3) is 0.429. The third-order valence-electron chi connectivity index (χ3n) is 3.49. The Hall–Kier alpha value is -1.02. The van der Waals surface area contributed by atoms with E-state index in [1.54, 1.807) is 6.07 Å². The minimum absolute atomic E-state index is 0.169. The van der Waals surface area contributed by atoms with E-state index in [0.29, 0.717) is 11.8 Å². The van der Waals surface area contributed by atoms with E-state index in [0.717, 1.165) is 22.9 Å². The van der Waals surface area contributed by atoms with Gasteiger partial charge in [-0.1, -0.05) is 32.4 Å². The predicted octanol–water partition coefficient (Wildman–Crippen LogP) is 4.80. The summed E-state index contributed by atoms with van der Waals surface area (Å²) in [7, 11) is 0. The molecule has 2 aromatic rings. The van der Waals surface area contributed by atoms with Gasteiger partial charge in [0.1, 0.15) is 5.82 Å². The van der Waals surface area contributed by atoms with Gasteiger partial charge in [-0.3, -0.25) is 0 Å². The number of hydrogen-bond donors (Lipinski definition) is 1. The van der Waals surface area contributed by atoms with Crippen LogP contribution < -0.4 is 0 Å². The Morgan fingerprint density at radius 3 is 2.65 bits per heavy atom. The zero-order valence-corrected chi connectivity index (χ0v) is 11.1. The van der Waals surface area contributed by atoms with Gasteiger partial charge in [-0.25, -0.2) is 4.39 Å². The molecule has 0 bridgehead atoms. The van der Waals surface area contributed by atoms with Gasteiger partial charge in [-0.15, -0.1) is 0 Å².